The van der Waals surface area contributed by atoms with Crippen LogP contribution in [0.25, 0.3) is 0 Å². The van der Waals surface area contributed by atoms with Gasteiger partial charge in [0, 0.05) is 19.8 Å². The van der Waals surface area contributed by atoms with Crippen LogP contribution in [-0.4, -0.2) is 38.8 Å². The molecule has 0 aliphatic heterocycles. The number of hydrogen-bond acceptors (Lipinski definition) is 4. The van der Waals surface area contributed by atoms with Crippen LogP contribution in [0.1, 0.15) is 37.8 Å². The molecule has 2 rings (SSSR count). The van der Waals surface area contributed by atoms with E-state index in [-0.39, 0.29) is 10.8 Å². The quantitative estimate of drug-likeness (QED) is 0.762. The molecule has 1 atom stereocenters. The molecule has 0 spiro atoms. The Bertz CT molecular complexity index is 953. The number of ether oxygens (including phenoxy) is 1. The van der Waals surface area contributed by atoms with Crippen molar-refractivity contribution in [2.24, 2.45) is 0 Å². The predicted octanol–water partition coefficient (Wildman–Crippen LogP) is 3.77. The highest BCUT2D eigenvalue weighted by atomic mass is 32.2. The summed E-state index contributed by atoms with van der Waals surface area (Å²) < 4.78 is 31.4. The van der Waals surface area contributed by atoms with E-state index in [2.05, 4.69) is 19.2 Å². The number of amides is 1. The SMILES string of the molecule is Cc1cc(OC(C)C(=O)Nc2cccc(S(=O)(=O)N(C)C)c2)ccc1C(C)C. The van der Waals surface area contributed by atoms with Crippen LogP contribution in [0.2, 0.25) is 0 Å². The molecular formula is C21H28N2O4S. The maximum atomic E-state index is 12.5. The number of nitrogens with zero attached hydrogens (tertiary/aromatic N) is 1. The number of anilines is 1. The highest BCUT2D eigenvalue weighted by molar-refractivity contribution is 7.89. The van der Waals surface area contributed by atoms with Crippen molar-refractivity contribution in [1.82, 2.24) is 4.31 Å². The molecule has 7 heteroatoms. The molecule has 1 unspecified atom stereocenters. The fourth-order valence-corrected chi connectivity index (χ4v) is 3.76. The molecule has 1 amide bonds. The topological polar surface area (TPSA) is 75.7 Å². The summed E-state index contributed by atoms with van der Waals surface area (Å²) in [6.45, 7) is 7.93. The molecule has 0 heterocycles. The van der Waals surface area contributed by atoms with Crippen molar-refractivity contribution in [3.63, 3.8) is 0 Å². The Labute approximate surface area is 167 Å². The second-order valence-electron chi connectivity index (χ2n) is 7.24. The molecule has 6 nitrogen and oxygen atoms in total. The largest absolute Gasteiger partial charge is 0.481 e. The molecular weight excluding hydrogens is 376 g/mol. The Hall–Kier alpha value is -2.38. The van der Waals surface area contributed by atoms with Crippen LogP contribution in [0, 0.1) is 6.92 Å². The summed E-state index contributed by atoms with van der Waals surface area (Å²) in [4.78, 5) is 12.6. The van der Waals surface area contributed by atoms with Gasteiger partial charge in [-0.3, -0.25) is 4.79 Å². The fraction of sp³-hybridized carbons (Fsp3) is 0.381. The zero-order valence-electron chi connectivity index (χ0n) is 17.2. The minimum Gasteiger partial charge on any atom is -0.481 e. The van der Waals surface area contributed by atoms with Crippen LogP contribution < -0.4 is 10.1 Å². The maximum absolute atomic E-state index is 12.5. The molecule has 28 heavy (non-hydrogen) atoms. The molecule has 1 N–H and O–H groups in total. The summed E-state index contributed by atoms with van der Waals surface area (Å²) in [5.74, 6) is 0.680. The van der Waals surface area contributed by atoms with Gasteiger partial charge < -0.3 is 10.1 Å². The van der Waals surface area contributed by atoms with Crippen LogP contribution in [0.3, 0.4) is 0 Å². The highest BCUT2D eigenvalue weighted by Gasteiger charge is 2.19. The minimum absolute atomic E-state index is 0.115. The van der Waals surface area contributed by atoms with Crippen molar-refractivity contribution in [2.45, 2.75) is 44.6 Å². The number of aryl methyl sites for hydroxylation is 1. The first kappa shape index (κ1) is 21.9. The van der Waals surface area contributed by atoms with Crippen molar-refractivity contribution in [3.05, 3.63) is 53.6 Å². The summed E-state index contributed by atoms with van der Waals surface area (Å²) in [7, 11) is -0.646. The number of rotatable bonds is 7. The third kappa shape index (κ3) is 5.11. The molecule has 0 aliphatic carbocycles. The van der Waals surface area contributed by atoms with E-state index in [1.165, 1.54) is 31.8 Å². The highest BCUT2D eigenvalue weighted by Crippen LogP contribution is 2.24. The number of hydrogen-bond donors (Lipinski definition) is 1. The Morgan fingerprint density at radius 2 is 1.75 bits per heavy atom. The van der Waals surface area contributed by atoms with Gasteiger partial charge in [0.2, 0.25) is 10.0 Å². The summed E-state index contributed by atoms with van der Waals surface area (Å²) in [5.41, 5.74) is 2.75. The lowest BCUT2D eigenvalue weighted by Gasteiger charge is -2.17. The van der Waals surface area contributed by atoms with Crippen molar-refractivity contribution in [2.75, 3.05) is 19.4 Å². The molecule has 0 bridgehead atoms. The van der Waals surface area contributed by atoms with Gasteiger partial charge in [-0.2, -0.15) is 0 Å². The zero-order chi connectivity index (χ0) is 21.1. The molecule has 0 aromatic heterocycles. The Balaban J connectivity index is 2.10. The molecule has 2 aromatic carbocycles. The van der Waals surface area contributed by atoms with E-state index in [0.29, 0.717) is 17.4 Å². The van der Waals surface area contributed by atoms with Crippen LogP contribution in [0.15, 0.2) is 47.4 Å². The molecule has 0 saturated carbocycles. The zero-order valence-corrected chi connectivity index (χ0v) is 18.0. The van der Waals surface area contributed by atoms with Gasteiger partial charge in [-0.15, -0.1) is 0 Å². The number of carbonyl (C=O) groups excluding carboxylic acids is 1. The second kappa shape index (κ2) is 8.75. The van der Waals surface area contributed by atoms with E-state index < -0.39 is 16.1 Å². The summed E-state index contributed by atoms with van der Waals surface area (Å²) >= 11 is 0. The van der Waals surface area contributed by atoms with Gasteiger partial charge in [0.05, 0.1) is 4.90 Å². The summed E-state index contributed by atoms with van der Waals surface area (Å²) in [5, 5.41) is 2.71. The molecule has 0 saturated heterocycles. The van der Waals surface area contributed by atoms with E-state index in [9.17, 15) is 13.2 Å². The van der Waals surface area contributed by atoms with E-state index in [4.69, 9.17) is 4.74 Å². The first-order valence-electron chi connectivity index (χ1n) is 9.13. The van der Waals surface area contributed by atoms with E-state index in [1.807, 2.05) is 25.1 Å². The lowest BCUT2D eigenvalue weighted by molar-refractivity contribution is -0.122. The van der Waals surface area contributed by atoms with Crippen molar-refractivity contribution >= 4 is 21.6 Å². The van der Waals surface area contributed by atoms with Crippen LogP contribution >= 0.6 is 0 Å². The number of nitrogens with one attached hydrogen (secondary N) is 1. The normalized spacial score (nSPS) is 12.9. The lowest BCUT2D eigenvalue weighted by Crippen LogP contribution is -2.30. The first-order valence-corrected chi connectivity index (χ1v) is 10.6. The van der Waals surface area contributed by atoms with Gasteiger partial charge in [0.25, 0.3) is 5.91 Å². The molecule has 152 valence electrons. The van der Waals surface area contributed by atoms with E-state index in [1.54, 1.807) is 19.1 Å². The van der Waals surface area contributed by atoms with E-state index >= 15 is 0 Å². The van der Waals surface area contributed by atoms with Crippen molar-refractivity contribution in [3.8, 4) is 5.75 Å². The van der Waals surface area contributed by atoms with Crippen LogP contribution in [0.4, 0.5) is 5.69 Å². The number of carbonyl (C=O) groups is 1. The average molecular weight is 405 g/mol. The maximum Gasteiger partial charge on any atom is 0.265 e. The fourth-order valence-electron chi connectivity index (χ4n) is 2.82. The Morgan fingerprint density at radius 3 is 2.32 bits per heavy atom. The van der Waals surface area contributed by atoms with Crippen LogP contribution in [0.5, 0.6) is 5.75 Å². The molecule has 0 fully saturated rings. The first-order chi connectivity index (χ1) is 13.0. The third-order valence-electron chi connectivity index (χ3n) is 4.43. The average Bonchev–Trinajstić information content (AvgIpc) is 2.61. The standard InChI is InChI=1S/C21H28N2O4S/c1-14(2)20-11-10-18(12-15(20)3)27-16(4)21(24)22-17-8-7-9-19(13-17)28(25,26)23(5)6/h7-14,16H,1-6H3,(H,22,24). The van der Waals surface area contributed by atoms with E-state index in [0.717, 1.165) is 9.87 Å². The molecule has 2 aromatic rings. The van der Waals surface area contributed by atoms with Gasteiger partial charge in [-0.05, 0) is 61.2 Å². The minimum atomic E-state index is -3.57. The van der Waals surface area contributed by atoms with Gasteiger partial charge in [-0.1, -0.05) is 26.0 Å². The van der Waals surface area contributed by atoms with Gasteiger partial charge in [0.1, 0.15) is 5.75 Å². The predicted molar refractivity (Wildman–Crippen MR) is 111 cm³/mol. The molecule has 0 radical (unpaired) electrons. The summed E-state index contributed by atoms with van der Waals surface area (Å²) in [6, 6.07) is 11.9. The monoisotopic (exact) mass is 404 g/mol. The molecule has 0 aliphatic rings. The third-order valence-corrected chi connectivity index (χ3v) is 6.24. The van der Waals surface area contributed by atoms with Gasteiger partial charge in [-0.25, -0.2) is 12.7 Å². The van der Waals surface area contributed by atoms with Gasteiger partial charge in [0.15, 0.2) is 6.10 Å². The Kier molecular flexibility index (Phi) is 6.85. The summed E-state index contributed by atoms with van der Waals surface area (Å²) in [6.07, 6.45) is -0.738. The smallest absolute Gasteiger partial charge is 0.265 e. The van der Waals surface area contributed by atoms with Crippen LogP contribution in [-0.2, 0) is 14.8 Å². The van der Waals surface area contributed by atoms with Crippen molar-refractivity contribution in [1.29, 1.82) is 0 Å². The second-order valence-corrected chi connectivity index (χ2v) is 9.39. The Morgan fingerprint density at radius 1 is 1.07 bits per heavy atom. The van der Waals surface area contributed by atoms with Gasteiger partial charge >= 0.3 is 0 Å². The number of benzene rings is 2. The number of sulfonamides is 1. The van der Waals surface area contributed by atoms with Crippen molar-refractivity contribution < 1.29 is 17.9 Å². The lowest BCUT2D eigenvalue weighted by atomic mass is 9.98.